The summed E-state index contributed by atoms with van der Waals surface area (Å²) < 4.78 is 0. The Labute approximate surface area is 87.3 Å². The normalized spacial score (nSPS) is 33.3. The van der Waals surface area contributed by atoms with Crippen LogP contribution in [0.5, 0.6) is 0 Å². The molecule has 0 fully saturated rings. The second kappa shape index (κ2) is 3.14. The van der Waals surface area contributed by atoms with E-state index in [2.05, 4.69) is 6.92 Å². The molecular formula is C11H17BN2. The predicted octanol–water partition coefficient (Wildman–Crippen LogP) is 2.47. The molecule has 0 saturated heterocycles. The van der Waals surface area contributed by atoms with E-state index in [1.165, 1.54) is 11.3 Å². The lowest BCUT2D eigenvalue weighted by Gasteiger charge is -2.23. The highest BCUT2D eigenvalue weighted by Gasteiger charge is 2.31. The highest BCUT2D eigenvalue weighted by Crippen LogP contribution is 2.44. The molecule has 2 aliphatic rings. The van der Waals surface area contributed by atoms with Crippen LogP contribution < -0.4 is 0 Å². The Hall–Kier alpha value is -0.725. The summed E-state index contributed by atoms with van der Waals surface area (Å²) in [6.45, 7) is 2.13. The molecule has 0 amide bonds. The van der Waals surface area contributed by atoms with Crippen LogP contribution in [-0.2, 0) is 0 Å². The minimum Gasteiger partial charge on any atom is -0.337 e. The Balaban J connectivity index is 2.26. The summed E-state index contributed by atoms with van der Waals surface area (Å²) >= 11 is 0. The van der Waals surface area contributed by atoms with Crippen LogP contribution >= 0.6 is 0 Å². The number of hydrogen-bond donors (Lipinski definition) is 1. The average molecular weight is 188 g/mol. The average Bonchev–Trinajstić information content (AvgIpc) is 2.28. The molecule has 0 spiro atoms. The lowest BCUT2D eigenvalue weighted by molar-refractivity contribution is 0.529. The zero-order valence-electron chi connectivity index (χ0n) is 9.06. The first-order chi connectivity index (χ1) is 6.49. The van der Waals surface area contributed by atoms with Gasteiger partial charge in [-0.25, -0.2) is 0 Å². The molecule has 0 aromatic carbocycles. The van der Waals surface area contributed by atoms with E-state index in [4.69, 9.17) is 13.3 Å². The maximum absolute atomic E-state index is 7.79. The maximum atomic E-state index is 7.79. The number of hydrogen-bond acceptors (Lipinski definition) is 1. The van der Waals surface area contributed by atoms with Gasteiger partial charge >= 0.3 is 0 Å². The second-order valence-electron chi connectivity index (χ2n) is 4.92. The van der Waals surface area contributed by atoms with Gasteiger partial charge in [-0.3, -0.25) is 5.41 Å². The summed E-state index contributed by atoms with van der Waals surface area (Å²) in [4.78, 5) is 2.04. The third-order valence-corrected chi connectivity index (χ3v) is 3.38. The van der Waals surface area contributed by atoms with Crippen LogP contribution in [0.15, 0.2) is 11.3 Å². The fourth-order valence-corrected chi connectivity index (χ4v) is 2.57. The Kier molecular flexibility index (Phi) is 2.21. The van der Waals surface area contributed by atoms with E-state index < -0.39 is 0 Å². The molecule has 1 atom stereocenters. The first-order valence-corrected chi connectivity index (χ1v) is 5.30. The van der Waals surface area contributed by atoms with Crippen LogP contribution in [0.25, 0.3) is 0 Å². The largest absolute Gasteiger partial charge is 0.337 e. The molecule has 3 heteroatoms. The molecule has 1 aliphatic heterocycles. The Bertz CT molecular complexity index is 304. The summed E-state index contributed by atoms with van der Waals surface area (Å²) in [6.07, 6.45) is 5.14. The molecule has 0 aromatic heterocycles. The van der Waals surface area contributed by atoms with Gasteiger partial charge in [-0.1, -0.05) is 18.7 Å². The van der Waals surface area contributed by atoms with E-state index in [1.807, 2.05) is 11.9 Å². The Morgan fingerprint density at radius 1 is 1.50 bits per heavy atom. The van der Waals surface area contributed by atoms with Gasteiger partial charge in [0, 0.05) is 19.2 Å². The molecule has 0 aromatic rings. The van der Waals surface area contributed by atoms with E-state index in [0.29, 0.717) is 0 Å². The van der Waals surface area contributed by atoms with Crippen molar-refractivity contribution < 1.29 is 0 Å². The molecule has 1 N–H and O–H groups in total. The zero-order valence-corrected chi connectivity index (χ0v) is 9.06. The van der Waals surface area contributed by atoms with Crippen LogP contribution in [0.2, 0.25) is 5.31 Å². The number of nitrogens with one attached hydrogen (secondary N) is 1. The van der Waals surface area contributed by atoms with Crippen LogP contribution in [0, 0.1) is 5.41 Å². The minimum atomic E-state index is -0.0530. The maximum Gasteiger partial charge on any atom is 0.104 e. The smallest absolute Gasteiger partial charge is 0.104 e. The van der Waals surface area contributed by atoms with Gasteiger partial charge in [0.2, 0.25) is 0 Å². The predicted molar refractivity (Wildman–Crippen MR) is 59.7 cm³/mol. The van der Waals surface area contributed by atoms with E-state index >= 15 is 0 Å². The molecule has 1 unspecified atom stereocenters. The van der Waals surface area contributed by atoms with Crippen molar-refractivity contribution in [3.8, 4) is 0 Å². The topological polar surface area (TPSA) is 27.1 Å². The van der Waals surface area contributed by atoms with E-state index in [-0.39, 0.29) is 5.31 Å². The molecule has 1 heterocycles. The monoisotopic (exact) mass is 188 g/mol. The van der Waals surface area contributed by atoms with Crippen LogP contribution in [-0.4, -0.2) is 25.6 Å². The highest BCUT2D eigenvalue weighted by molar-refractivity contribution is 6.15. The summed E-state index contributed by atoms with van der Waals surface area (Å²) in [7, 11) is 8.21. The first kappa shape index (κ1) is 9.82. The van der Waals surface area contributed by atoms with E-state index in [1.54, 1.807) is 0 Å². The lowest BCUT2D eigenvalue weighted by atomic mass is 9.64. The van der Waals surface area contributed by atoms with Gasteiger partial charge in [0.1, 0.15) is 5.84 Å². The molecule has 0 bridgehead atoms. The molecule has 2 nitrogen and oxygen atoms in total. The lowest BCUT2D eigenvalue weighted by Crippen LogP contribution is -2.19. The van der Waals surface area contributed by atoms with Crippen molar-refractivity contribution in [2.24, 2.45) is 0 Å². The van der Waals surface area contributed by atoms with Crippen molar-refractivity contribution in [3.63, 3.8) is 0 Å². The van der Waals surface area contributed by atoms with Crippen molar-refractivity contribution in [1.82, 2.24) is 4.90 Å². The quantitative estimate of drug-likeness (QED) is 0.581. The Morgan fingerprint density at radius 3 is 2.93 bits per heavy atom. The molecule has 1 aliphatic carbocycles. The van der Waals surface area contributed by atoms with Gasteiger partial charge in [0.15, 0.2) is 0 Å². The molecule has 2 rings (SSSR count). The fraction of sp³-hybridized carbons (Fsp3) is 0.727. The van der Waals surface area contributed by atoms with Gasteiger partial charge in [0.25, 0.3) is 0 Å². The van der Waals surface area contributed by atoms with Crippen molar-refractivity contribution >= 4 is 13.7 Å². The molecule has 14 heavy (non-hydrogen) atoms. The SMILES string of the molecule is [B]C1(C)CCCC2=C(CC(=N)N2C)C1. The van der Waals surface area contributed by atoms with Crippen molar-refractivity contribution in [2.75, 3.05) is 7.05 Å². The second-order valence-corrected chi connectivity index (χ2v) is 4.92. The fourth-order valence-electron chi connectivity index (χ4n) is 2.57. The molecule has 74 valence electrons. The van der Waals surface area contributed by atoms with Crippen molar-refractivity contribution in [2.45, 2.75) is 44.3 Å². The van der Waals surface area contributed by atoms with Gasteiger partial charge in [-0.15, -0.1) is 0 Å². The molecular weight excluding hydrogens is 171 g/mol. The van der Waals surface area contributed by atoms with Crippen LogP contribution in [0.1, 0.15) is 39.0 Å². The third kappa shape index (κ3) is 1.60. The van der Waals surface area contributed by atoms with Crippen LogP contribution in [0.3, 0.4) is 0 Å². The van der Waals surface area contributed by atoms with Crippen molar-refractivity contribution in [1.29, 1.82) is 5.41 Å². The van der Waals surface area contributed by atoms with Gasteiger partial charge < -0.3 is 4.90 Å². The minimum absolute atomic E-state index is 0.0530. The van der Waals surface area contributed by atoms with Crippen molar-refractivity contribution in [3.05, 3.63) is 11.3 Å². The molecule has 0 saturated carbocycles. The Morgan fingerprint density at radius 2 is 2.21 bits per heavy atom. The molecule has 2 radical (unpaired) electrons. The zero-order chi connectivity index (χ0) is 10.3. The van der Waals surface area contributed by atoms with Gasteiger partial charge in [-0.2, -0.15) is 0 Å². The highest BCUT2D eigenvalue weighted by atomic mass is 15.2. The number of amidine groups is 1. The van der Waals surface area contributed by atoms with E-state index in [0.717, 1.165) is 37.9 Å². The van der Waals surface area contributed by atoms with Gasteiger partial charge in [-0.05, 0) is 24.8 Å². The standard InChI is InChI=1S/C11H17BN2/c1-11(12)5-3-4-9-8(7-11)6-10(13)14(9)2/h13H,3-7H2,1-2H3. The first-order valence-electron chi connectivity index (χ1n) is 5.30. The summed E-state index contributed by atoms with van der Waals surface area (Å²) in [5, 5.41) is 7.74. The third-order valence-electron chi connectivity index (χ3n) is 3.38. The summed E-state index contributed by atoms with van der Waals surface area (Å²) in [6, 6.07) is 0. The van der Waals surface area contributed by atoms with E-state index in [9.17, 15) is 0 Å². The number of nitrogens with zero attached hydrogens (tertiary/aromatic N) is 1. The number of rotatable bonds is 0. The number of allylic oxidation sites excluding steroid dienone is 1. The van der Waals surface area contributed by atoms with Gasteiger partial charge in [0.05, 0.1) is 7.85 Å². The summed E-state index contributed by atoms with van der Waals surface area (Å²) in [5.41, 5.74) is 2.77. The summed E-state index contributed by atoms with van der Waals surface area (Å²) in [5.74, 6) is 0.729. The van der Waals surface area contributed by atoms with Crippen LogP contribution in [0.4, 0.5) is 0 Å².